The summed E-state index contributed by atoms with van der Waals surface area (Å²) in [5.41, 5.74) is 2.55. The zero-order chi connectivity index (χ0) is 34.2. The lowest BCUT2D eigenvalue weighted by Crippen LogP contribution is -2.52. The molecule has 6 rings (SSSR count). The van der Waals surface area contributed by atoms with Gasteiger partial charge in [-0.25, -0.2) is 19.2 Å². The molecule has 5 aliphatic rings. The number of piperazine rings is 1. The third kappa shape index (κ3) is 7.33. The molecule has 2 unspecified atom stereocenters. The average molecular weight is 661 g/mol. The summed E-state index contributed by atoms with van der Waals surface area (Å²) in [7, 11) is 0. The van der Waals surface area contributed by atoms with Gasteiger partial charge in [0.25, 0.3) is 5.62 Å². The Bertz CT molecular complexity index is 1770. The molecular weight excluding hydrogens is 611 g/mol. The van der Waals surface area contributed by atoms with E-state index in [2.05, 4.69) is 35.9 Å². The second kappa shape index (κ2) is 13.8. The molecule has 2 saturated heterocycles. The van der Waals surface area contributed by atoms with Gasteiger partial charge >= 0.3 is 6.09 Å². The summed E-state index contributed by atoms with van der Waals surface area (Å²) in [6, 6.07) is 4.18. The van der Waals surface area contributed by atoms with Crippen LogP contribution in [0.2, 0.25) is 0 Å². The Morgan fingerprint density at radius 3 is 2.44 bits per heavy atom. The predicted octanol–water partition coefficient (Wildman–Crippen LogP) is 4.25. The predicted molar refractivity (Wildman–Crippen MR) is 184 cm³/mol. The molecule has 48 heavy (non-hydrogen) atoms. The smallest absolute Gasteiger partial charge is 0.410 e. The molecule has 5 heterocycles. The fourth-order valence-electron chi connectivity index (χ4n) is 7.41. The van der Waals surface area contributed by atoms with Gasteiger partial charge in [0.05, 0.1) is 24.2 Å². The fourth-order valence-corrected chi connectivity index (χ4v) is 7.41. The van der Waals surface area contributed by atoms with Crippen LogP contribution in [-0.4, -0.2) is 98.1 Å². The molecule has 1 saturated carbocycles. The van der Waals surface area contributed by atoms with Gasteiger partial charge in [0, 0.05) is 73.6 Å². The first-order chi connectivity index (χ1) is 22.9. The summed E-state index contributed by atoms with van der Waals surface area (Å²) in [5, 5.41) is 12.0. The minimum absolute atomic E-state index is 0.0902. The van der Waals surface area contributed by atoms with Crippen molar-refractivity contribution in [3.05, 3.63) is 46.3 Å². The molecule has 4 aliphatic heterocycles. The van der Waals surface area contributed by atoms with Crippen molar-refractivity contribution in [2.75, 3.05) is 50.7 Å². The molecule has 1 amide bonds. The minimum Gasteiger partial charge on any atom is -0.512 e. The number of rotatable bonds is 5. The molecule has 0 radical (unpaired) electrons. The first kappa shape index (κ1) is 33.8. The maximum Gasteiger partial charge on any atom is 0.410 e. The van der Waals surface area contributed by atoms with E-state index in [4.69, 9.17) is 9.72 Å². The zero-order valence-corrected chi connectivity index (χ0v) is 29.0. The highest BCUT2D eigenvalue weighted by atomic mass is 19.1. The average Bonchev–Trinajstić information content (AvgIpc) is 3.56. The van der Waals surface area contributed by atoms with Gasteiger partial charge in [-0.05, 0) is 71.6 Å². The number of hydrogen-bond acceptors (Lipinski definition) is 9. The van der Waals surface area contributed by atoms with Crippen molar-refractivity contribution >= 4 is 29.9 Å². The number of aromatic nitrogens is 4. The minimum atomic E-state index is -1.06. The largest absolute Gasteiger partial charge is 0.512 e. The molecular formula is C36H49FN8O3. The number of piperidine rings is 1. The SMILES string of the molecule is C=c1/c(=C(\C)O)c(C)c2cnc(=Nc3ccc(N4CCN(CC5CCN(C(=O)OC(C)(C)C)CC5F)CC4)cn3)nc-2n1C1CCCC1. The Kier molecular flexibility index (Phi) is 9.74. The number of likely N-dealkylation sites (tertiary alicyclic amines) is 1. The summed E-state index contributed by atoms with van der Waals surface area (Å²) in [5.74, 6) is 1.46. The normalized spacial score (nSPS) is 22.4. The Labute approximate surface area is 281 Å². The van der Waals surface area contributed by atoms with Crippen molar-refractivity contribution in [2.45, 2.75) is 84.5 Å². The van der Waals surface area contributed by atoms with Gasteiger partial charge in [-0.3, -0.25) is 4.90 Å². The van der Waals surface area contributed by atoms with Gasteiger partial charge in [0.1, 0.15) is 17.6 Å². The standard InChI is InChI=1S/C36H49FN8O3/c1-23-29-20-39-34(41-33(29)45(27-9-7-8-10-27)24(2)32(23)25(3)46)40-31-12-11-28(19-38-31)43-17-15-42(16-18-43)21-26-13-14-44(22-30(26)37)35(47)48-36(4,5)6/h11-12,19-20,26-27,30,46H,2,7-10,13-18,21-22H2,1,3-6H3/b32-25+,40-34?. The molecule has 0 bridgehead atoms. The number of carbonyl (C=O) groups is 1. The van der Waals surface area contributed by atoms with E-state index in [-0.39, 0.29) is 24.3 Å². The van der Waals surface area contributed by atoms with Crippen LogP contribution in [-0.2, 0) is 4.74 Å². The highest BCUT2D eigenvalue weighted by Crippen LogP contribution is 2.32. The van der Waals surface area contributed by atoms with Gasteiger partial charge in [0.15, 0.2) is 5.82 Å². The van der Waals surface area contributed by atoms with Crippen LogP contribution < -0.4 is 21.1 Å². The topological polar surface area (TPSA) is 112 Å². The van der Waals surface area contributed by atoms with E-state index in [1.54, 1.807) is 13.1 Å². The lowest BCUT2D eigenvalue weighted by Gasteiger charge is -2.40. The number of alkyl halides is 1. The van der Waals surface area contributed by atoms with E-state index in [9.17, 15) is 9.90 Å². The maximum absolute atomic E-state index is 15.1. The van der Waals surface area contributed by atoms with Crippen LogP contribution in [0.15, 0.2) is 29.5 Å². The number of aliphatic hydroxyl groups excluding tert-OH is 1. The first-order valence-electron chi connectivity index (χ1n) is 17.2. The van der Waals surface area contributed by atoms with Gasteiger partial charge in [-0.2, -0.15) is 9.98 Å². The summed E-state index contributed by atoms with van der Waals surface area (Å²) in [4.78, 5) is 37.2. The third-order valence-corrected chi connectivity index (χ3v) is 9.90. The highest BCUT2D eigenvalue weighted by Gasteiger charge is 2.35. The molecule has 0 aromatic carbocycles. The van der Waals surface area contributed by atoms with Crippen molar-refractivity contribution in [2.24, 2.45) is 10.9 Å². The Hall–Kier alpha value is -4.06. The molecule has 258 valence electrons. The van der Waals surface area contributed by atoms with Crippen molar-refractivity contribution in [1.29, 1.82) is 0 Å². The van der Waals surface area contributed by atoms with Crippen LogP contribution in [0.25, 0.3) is 23.7 Å². The van der Waals surface area contributed by atoms with E-state index in [1.165, 1.54) is 4.90 Å². The van der Waals surface area contributed by atoms with E-state index < -0.39 is 17.9 Å². The van der Waals surface area contributed by atoms with E-state index in [1.807, 2.05) is 46.0 Å². The third-order valence-electron chi connectivity index (χ3n) is 9.90. The molecule has 1 N–H and O–H groups in total. The van der Waals surface area contributed by atoms with E-state index >= 15 is 4.39 Å². The van der Waals surface area contributed by atoms with Crippen LogP contribution in [0, 0.1) is 12.8 Å². The van der Waals surface area contributed by atoms with Crippen LogP contribution in [0.4, 0.5) is 20.7 Å². The van der Waals surface area contributed by atoms with Crippen LogP contribution in [0.5, 0.6) is 0 Å². The Morgan fingerprint density at radius 2 is 1.81 bits per heavy atom. The number of nitrogens with zero attached hydrogens (tertiary/aromatic N) is 8. The van der Waals surface area contributed by atoms with Crippen molar-refractivity contribution in [1.82, 2.24) is 29.3 Å². The molecule has 1 aromatic heterocycles. The van der Waals surface area contributed by atoms with Gasteiger partial charge < -0.3 is 24.2 Å². The van der Waals surface area contributed by atoms with Crippen molar-refractivity contribution < 1.29 is 19.0 Å². The lowest BCUT2D eigenvalue weighted by atomic mass is 9.94. The number of aliphatic hydroxyl groups is 1. The number of pyridine rings is 2. The number of ether oxygens (including phenoxy) is 1. The summed E-state index contributed by atoms with van der Waals surface area (Å²) < 4.78 is 22.7. The van der Waals surface area contributed by atoms with Crippen LogP contribution >= 0.6 is 0 Å². The van der Waals surface area contributed by atoms with Crippen LogP contribution in [0.3, 0.4) is 0 Å². The number of carbonyl (C=O) groups excluding carboxylic acids is 1. The molecule has 2 atom stereocenters. The van der Waals surface area contributed by atoms with E-state index in [0.29, 0.717) is 30.9 Å². The zero-order valence-electron chi connectivity index (χ0n) is 29.0. The lowest BCUT2D eigenvalue weighted by molar-refractivity contribution is 0.00145. The van der Waals surface area contributed by atoms with Crippen LogP contribution in [0.1, 0.15) is 71.4 Å². The second-order valence-corrected chi connectivity index (χ2v) is 14.5. The first-order valence-corrected chi connectivity index (χ1v) is 17.2. The highest BCUT2D eigenvalue weighted by molar-refractivity contribution is 5.68. The number of fused-ring (bicyclic) bond motifs is 1. The van der Waals surface area contributed by atoms with Gasteiger partial charge in [-0.1, -0.05) is 19.4 Å². The summed E-state index contributed by atoms with van der Waals surface area (Å²) in [6.07, 6.45) is 7.18. The monoisotopic (exact) mass is 660 g/mol. The van der Waals surface area contributed by atoms with Gasteiger partial charge in [-0.15, -0.1) is 0 Å². The molecule has 0 spiro atoms. The number of amides is 1. The molecule has 3 fully saturated rings. The van der Waals surface area contributed by atoms with Crippen molar-refractivity contribution in [3.63, 3.8) is 0 Å². The van der Waals surface area contributed by atoms with Crippen molar-refractivity contribution in [3.8, 4) is 11.4 Å². The Balaban J connectivity index is 1.10. The maximum atomic E-state index is 15.1. The fraction of sp³-hybridized carbons (Fsp3) is 0.583. The summed E-state index contributed by atoms with van der Waals surface area (Å²) >= 11 is 0. The number of anilines is 1. The molecule has 11 nitrogen and oxygen atoms in total. The van der Waals surface area contributed by atoms with Gasteiger partial charge in [0.2, 0.25) is 0 Å². The molecule has 1 aliphatic carbocycles. The summed E-state index contributed by atoms with van der Waals surface area (Å²) in [6.45, 7) is 18.1. The molecule has 12 heteroatoms. The van der Waals surface area contributed by atoms with E-state index in [0.717, 1.165) is 85.1 Å². The second-order valence-electron chi connectivity index (χ2n) is 14.5. The number of halogens is 1. The number of hydrogen-bond donors (Lipinski definition) is 1. The quantitative estimate of drug-likeness (QED) is 0.433. The Morgan fingerprint density at radius 1 is 1.08 bits per heavy atom. The molecule has 1 aromatic rings.